The third-order valence-electron chi connectivity index (χ3n) is 9.08. The summed E-state index contributed by atoms with van der Waals surface area (Å²) in [6.07, 6.45) is 12.2. The van der Waals surface area contributed by atoms with Gasteiger partial charge in [-0.25, -0.2) is 0 Å². The molecule has 3 aliphatic heterocycles. The van der Waals surface area contributed by atoms with Crippen molar-refractivity contribution < 1.29 is 19.1 Å². The number of ether oxygens (including phenoxy) is 1. The Morgan fingerprint density at radius 1 is 1.03 bits per heavy atom. The lowest BCUT2D eigenvalue weighted by atomic mass is 9.80. The number of imide groups is 1. The summed E-state index contributed by atoms with van der Waals surface area (Å²) in [5.41, 5.74) is 2.99. The largest absolute Gasteiger partial charge is 0.378 e. The van der Waals surface area contributed by atoms with E-state index in [0.717, 1.165) is 30.9 Å². The number of hydrogen-bond donors (Lipinski definition) is 2. The molecule has 5 aliphatic rings. The minimum absolute atomic E-state index is 0.0943. The van der Waals surface area contributed by atoms with Crippen molar-refractivity contribution >= 4 is 17.7 Å². The van der Waals surface area contributed by atoms with Crippen LogP contribution in [0, 0.1) is 11.8 Å². The van der Waals surface area contributed by atoms with E-state index in [4.69, 9.17) is 4.74 Å². The van der Waals surface area contributed by atoms with Gasteiger partial charge in [-0.3, -0.25) is 19.7 Å². The van der Waals surface area contributed by atoms with Crippen molar-refractivity contribution in [3.8, 4) is 0 Å². The first kappa shape index (κ1) is 23.2. The Morgan fingerprint density at radius 3 is 2.80 bits per heavy atom. The van der Waals surface area contributed by atoms with Gasteiger partial charge in [0.15, 0.2) is 0 Å². The van der Waals surface area contributed by atoms with Crippen LogP contribution in [-0.2, 0) is 27.3 Å². The first-order chi connectivity index (χ1) is 17.0. The molecule has 6 atom stereocenters. The first-order valence-corrected chi connectivity index (χ1v) is 13.7. The Balaban J connectivity index is 1.12. The van der Waals surface area contributed by atoms with Crippen LogP contribution in [0.3, 0.4) is 0 Å². The number of amides is 3. The molecule has 2 saturated heterocycles. The van der Waals surface area contributed by atoms with Crippen LogP contribution in [0.2, 0.25) is 0 Å². The summed E-state index contributed by atoms with van der Waals surface area (Å²) in [7, 11) is 0. The zero-order valence-electron chi connectivity index (χ0n) is 20.5. The number of nitrogens with one attached hydrogen (secondary N) is 2. The van der Waals surface area contributed by atoms with Crippen LogP contribution >= 0.6 is 0 Å². The van der Waals surface area contributed by atoms with Gasteiger partial charge in [-0.2, -0.15) is 0 Å². The highest BCUT2D eigenvalue weighted by molar-refractivity contribution is 6.05. The SMILES string of the molecule is O=C1CCC(N2Cc3cc(C[C@H]4CCCC[C@@H]4NC4CCC5COC(C5)C4)ccc3C2=O)C(=O)N1. The fraction of sp³-hybridized carbons (Fsp3) is 0.679. The lowest BCUT2D eigenvalue weighted by molar-refractivity contribution is -0.136. The zero-order chi connectivity index (χ0) is 23.9. The molecular formula is C28H37N3O4. The van der Waals surface area contributed by atoms with E-state index in [1.165, 1.54) is 50.5 Å². The molecule has 3 amide bonds. The molecule has 0 spiro atoms. The Kier molecular flexibility index (Phi) is 6.39. The number of piperidine rings is 1. The molecule has 2 aliphatic carbocycles. The van der Waals surface area contributed by atoms with Crippen LogP contribution in [0.25, 0.3) is 0 Å². The Labute approximate surface area is 207 Å². The highest BCUT2D eigenvalue weighted by Crippen LogP contribution is 2.35. The maximum absolute atomic E-state index is 13.0. The summed E-state index contributed by atoms with van der Waals surface area (Å²) < 4.78 is 6.00. The van der Waals surface area contributed by atoms with E-state index >= 15 is 0 Å². The number of rotatable bonds is 5. The van der Waals surface area contributed by atoms with Gasteiger partial charge in [0.2, 0.25) is 11.8 Å². The zero-order valence-corrected chi connectivity index (χ0v) is 20.5. The Morgan fingerprint density at radius 2 is 1.91 bits per heavy atom. The molecule has 0 radical (unpaired) electrons. The summed E-state index contributed by atoms with van der Waals surface area (Å²) in [6.45, 7) is 1.41. The molecule has 7 heteroatoms. The van der Waals surface area contributed by atoms with Gasteiger partial charge in [0.1, 0.15) is 6.04 Å². The van der Waals surface area contributed by atoms with Gasteiger partial charge >= 0.3 is 0 Å². The third kappa shape index (κ3) is 4.77. The summed E-state index contributed by atoms with van der Waals surface area (Å²) in [5.74, 6) is 0.672. The smallest absolute Gasteiger partial charge is 0.255 e. The third-order valence-corrected chi connectivity index (χ3v) is 9.08. The van der Waals surface area contributed by atoms with Gasteiger partial charge < -0.3 is 15.0 Å². The van der Waals surface area contributed by atoms with Gasteiger partial charge in [-0.15, -0.1) is 0 Å². The quantitative estimate of drug-likeness (QED) is 0.634. The highest BCUT2D eigenvalue weighted by Gasteiger charge is 2.39. The topological polar surface area (TPSA) is 87.7 Å². The molecule has 1 aromatic carbocycles. The first-order valence-electron chi connectivity index (χ1n) is 13.7. The van der Waals surface area contributed by atoms with Crippen LogP contribution in [-0.4, -0.2) is 53.5 Å². The monoisotopic (exact) mass is 479 g/mol. The number of fused-ring (bicyclic) bond motifs is 3. The number of carbonyl (C=O) groups is 3. The van der Waals surface area contributed by atoms with Gasteiger partial charge in [0.05, 0.1) is 6.10 Å². The maximum Gasteiger partial charge on any atom is 0.255 e. The predicted octanol–water partition coefficient (Wildman–Crippen LogP) is 3.10. The number of benzene rings is 1. The Hall–Kier alpha value is -2.25. The Bertz CT molecular complexity index is 1010. The standard InChI is InChI=1S/C28H37N3O4/c32-26-10-9-25(27(33)30-26)31-15-20-12-17(6-8-23(20)28(31)34)11-19-3-1-2-4-24(19)29-21-7-5-18-13-22(14-21)35-16-18/h6,8,12,18-19,21-22,24-25,29H,1-5,7,9-11,13-16H2,(H,30,32,33)/t18?,19-,21?,22?,24+,25?/m1/s1. The minimum atomic E-state index is -0.554. The molecule has 188 valence electrons. The molecular weight excluding hydrogens is 442 g/mol. The average molecular weight is 480 g/mol. The highest BCUT2D eigenvalue weighted by atomic mass is 16.5. The number of carbonyl (C=O) groups excluding carboxylic acids is 3. The number of nitrogens with zero attached hydrogens (tertiary/aromatic N) is 1. The van der Waals surface area contributed by atoms with Crippen molar-refractivity contribution in [2.75, 3.05) is 6.61 Å². The predicted molar refractivity (Wildman–Crippen MR) is 131 cm³/mol. The summed E-state index contributed by atoms with van der Waals surface area (Å²) >= 11 is 0. The molecule has 2 saturated carbocycles. The fourth-order valence-electron chi connectivity index (χ4n) is 7.20. The van der Waals surface area contributed by atoms with Crippen LogP contribution in [0.1, 0.15) is 85.7 Å². The van der Waals surface area contributed by atoms with Crippen LogP contribution in [0.5, 0.6) is 0 Å². The minimum Gasteiger partial charge on any atom is -0.378 e. The molecule has 2 N–H and O–H groups in total. The van der Waals surface area contributed by atoms with Crippen molar-refractivity contribution in [2.24, 2.45) is 11.8 Å². The second kappa shape index (κ2) is 9.66. The van der Waals surface area contributed by atoms with Gasteiger partial charge in [-0.05, 0) is 80.4 Å². The van der Waals surface area contributed by atoms with E-state index in [2.05, 4.69) is 22.8 Å². The summed E-state index contributed by atoms with van der Waals surface area (Å²) in [5, 5.41) is 6.44. The fourth-order valence-corrected chi connectivity index (χ4v) is 7.20. The molecule has 35 heavy (non-hydrogen) atoms. The molecule has 0 aromatic heterocycles. The van der Waals surface area contributed by atoms with Crippen molar-refractivity contribution in [2.45, 2.75) is 101 Å². The lowest BCUT2D eigenvalue weighted by Crippen LogP contribution is -2.52. The molecule has 4 unspecified atom stereocenters. The van der Waals surface area contributed by atoms with Crippen LogP contribution in [0.4, 0.5) is 0 Å². The molecule has 4 fully saturated rings. The molecule has 6 rings (SSSR count). The second-order valence-corrected chi connectivity index (χ2v) is 11.5. The van der Waals surface area contributed by atoms with E-state index in [-0.39, 0.29) is 24.1 Å². The van der Waals surface area contributed by atoms with Crippen LogP contribution in [0.15, 0.2) is 18.2 Å². The van der Waals surface area contributed by atoms with Crippen molar-refractivity contribution in [1.82, 2.24) is 15.5 Å². The van der Waals surface area contributed by atoms with E-state index in [0.29, 0.717) is 42.6 Å². The van der Waals surface area contributed by atoms with Gasteiger partial charge in [0.25, 0.3) is 5.91 Å². The summed E-state index contributed by atoms with van der Waals surface area (Å²) in [4.78, 5) is 38.5. The van der Waals surface area contributed by atoms with Crippen molar-refractivity contribution in [3.05, 3.63) is 34.9 Å². The van der Waals surface area contributed by atoms with Gasteiger partial charge in [0, 0.05) is 37.2 Å². The van der Waals surface area contributed by atoms with Crippen LogP contribution < -0.4 is 10.6 Å². The normalized spacial score (nSPS) is 35.1. The number of hydrogen-bond acceptors (Lipinski definition) is 5. The lowest BCUT2D eigenvalue weighted by Gasteiger charge is -2.36. The van der Waals surface area contributed by atoms with E-state index in [9.17, 15) is 14.4 Å². The molecule has 2 bridgehead atoms. The molecule has 3 heterocycles. The average Bonchev–Trinajstić information content (AvgIpc) is 3.35. The summed E-state index contributed by atoms with van der Waals surface area (Å²) in [6, 6.07) is 6.79. The maximum atomic E-state index is 13.0. The van der Waals surface area contributed by atoms with E-state index in [1.54, 1.807) is 4.90 Å². The molecule has 1 aromatic rings. The second-order valence-electron chi connectivity index (χ2n) is 11.5. The molecule has 7 nitrogen and oxygen atoms in total. The van der Waals surface area contributed by atoms with Crippen molar-refractivity contribution in [1.29, 1.82) is 0 Å². The van der Waals surface area contributed by atoms with Crippen molar-refractivity contribution in [3.63, 3.8) is 0 Å². The van der Waals surface area contributed by atoms with E-state index in [1.807, 2.05) is 6.07 Å². The van der Waals surface area contributed by atoms with E-state index < -0.39 is 6.04 Å². The van der Waals surface area contributed by atoms with Gasteiger partial charge in [-0.1, -0.05) is 25.0 Å².